The minimum atomic E-state index is 0.206. The van der Waals surface area contributed by atoms with Gasteiger partial charge in [0.15, 0.2) is 0 Å². The molecule has 72 valence electrons. The Labute approximate surface area is 82.0 Å². The van der Waals surface area contributed by atoms with E-state index in [1.807, 2.05) is 0 Å². The molecule has 0 aliphatic heterocycles. The highest BCUT2D eigenvalue weighted by Gasteiger charge is 2.13. The molecule has 0 saturated carbocycles. The lowest BCUT2D eigenvalue weighted by atomic mass is 9.91. The fourth-order valence-corrected chi connectivity index (χ4v) is 1.66. The summed E-state index contributed by atoms with van der Waals surface area (Å²) in [6.07, 6.45) is 9.15. The molecule has 0 atom stereocenters. The van der Waals surface area contributed by atoms with Crippen LogP contribution in [-0.2, 0) is 0 Å². The molecular formula is C13H20. The van der Waals surface area contributed by atoms with Crippen LogP contribution < -0.4 is 0 Å². The van der Waals surface area contributed by atoms with Gasteiger partial charge in [-0.25, -0.2) is 0 Å². The van der Waals surface area contributed by atoms with E-state index in [-0.39, 0.29) is 5.41 Å². The lowest BCUT2D eigenvalue weighted by molar-refractivity contribution is 0.622. The fraction of sp³-hybridized carbons (Fsp3) is 0.538. The Kier molecular flexibility index (Phi) is 2.80. The summed E-state index contributed by atoms with van der Waals surface area (Å²) < 4.78 is 0. The summed E-state index contributed by atoms with van der Waals surface area (Å²) in [6, 6.07) is 0. The molecule has 0 radical (unpaired) electrons. The van der Waals surface area contributed by atoms with Crippen LogP contribution >= 0.6 is 0 Å². The van der Waals surface area contributed by atoms with Crippen LogP contribution in [-0.4, -0.2) is 0 Å². The highest BCUT2D eigenvalue weighted by Crippen LogP contribution is 2.27. The van der Waals surface area contributed by atoms with Crippen molar-refractivity contribution in [3.05, 3.63) is 35.5 Å². The Hall–Kier alpha value is -0.780. The lowest BCUT2D eigenvalue weighted by Crippen LogP contribution is -2.01. The van der Waals surface area contributed by atoms with E-state index in [1.54, 1.807) is 0 Å². The van der Waals surface area contributed by atoms with Crippen LogP contribution in [0, 0.1) is 11.3 Å². The number of hydrogen-bond acceptors (Lipinski definition) is 0. The summed E-state index contributed by atoms with van der Waals surface area (Å²) in [6.45, 7) is 11.1. The molecule has 0 spiro atoms. The Morgan fingerprint density at radius 2 is 1.85 bits per heavy atom. The van der Waals surface area contributed by atoms with Crippen molar-refractivity contribution in [1.29, 1.82) is 0 Å². The van der Waals surface area contributed by atoms with E-state index in [9.17, 15) is 0 Å². The summed E-state index contributed by atoms with van der Waals surface area (Å²) in [5.41, 5.74) is 3.01. The van der Waals surface area contributed by atoms with Gasteiger partial charge in [0.2, 0.25) is 0 Å². The molecule has 0 heteroatoms. The molecule has 13 heavy (non-hydrogen) atoms. The zero-order valence-electron chi connectivity index (χ0n) is 9.39. The van der Waals surface area contributed by atoms with Gasteiger partial charge in [-0.3, -0.25) is 0 Å². The lowest BCUT2D eigenvalue weighted by Gasteiger charge is -2.13. The molecule has 0 heterocycles. The molecule has 0 aromatic carbocycles. The van der Waals surface area contributed by atoms with Gasteiger partial charge < -0.3 is 0 Å². The molecule has 1 aliphatic carbocycles. The standard InChI is InChI=1S/C13H20/c1-10(2)12-6-7-13(4,5)9-11(3)8-12/h6-10H,1-5H3. The van der Waals surface area contributed by atoms with Crippen molar-refractivity contribution in [2.45, 2.75) is 34.6 Å². The zero-order valence-corrected chi connectivity index (χ0v) is 9.39. The Morgan fingerprint density at radius 3 is 2.38 bits per heavy atom. The topological polar surface area (TPSA) is 0 Å². The van der Waals surface area contributed by atoms with Crippen LogP contribution in [0.2, 0.25) is 0 Å². The fourth-order valence-electron chi connectivity index (χ4n) is 1.66. The van der Waals surface area contributed by atoms with Gasteiger partial charge in [0.05, 0.1) is 0 Å². The molecule has 0 N–H and O–H groups in total. The predicted molar refractivity (Wildman–Crippen MR) is 59.6 cm³/mol. The molecule has 0 aromatic rings. The third-order valence-corrected chi connectivity index (χ3v) is 2.37. The van der Waals surface area contributed by atoms with E-state index >= 15 is 0 Å². The van der Waals surface area contributed by atoms with Gasteiger partial charge in [0.25, 0.3) is 0 Å². The molecule has 1 rings (SSSR count). The van der Waals surface area contributed by atoms with Crippen LogP contribution in [0.1, 0.15) is 34.6 Å². The molecule has 0 nitrogen and oxygen atoms in total. The molecule has 0 unspecified atom stereocenters. The molecular weight excluding hydrogens is 156 g/mol. The van der Waals surface area contributed by atoms with E-state index in [4.69, 9.17) is 0 Å². The normalized spacial score (nSPS) is 21.1. The maximum absolute atomic E-state index is 2.32. The molecule has 0 fully saturated rings. The zero-order chi connectivity index (χ0) is 10.1. The average molecular weight is 176 g/mol. The molecule has 1 aliphatic rings. The molecule has 0 saturated heterocycles. The Morgan fingerprint density at radius 1 is 1.23 bits per heavy atom. The van der Waals surface area contributed by atoms with E-state index in [1.165, 1.54) is 11.1 Å². The third kappa shape index (κ3) is 2.87. The highest BCUT2D eigenvalue weighted by atomic mass is 14.2. The monoisotopic (exact) mass is 176 g/mol. The first kappa shape index (κ1) is 10.3. The van der Waals surface area contributed by atoms with Gasteiger partial charge in [-0.1, -0.05) is 57.6 Å². The van der Waals surface area contributed by atoms with Crippen molar-refractivity contribution in [1.82, 2.24) is 0 Å². The average Bonchev–Trinajstić information content (AvgIpc) is 2.07. The number of hydrogen-bond donors (Lipinski definition) is 0. The molecule has 0 aromatic heterocycles. The van der Waals surface area contributed by atoms with Crippen LogP contribution in [0.25, 0.3) is 0 Å². The minimum absolute atomic E-state index is 0.206. The summed E-state index contributed by atoms with van der Waals surface area (Å²) in [7, 11) is 0. The van der Waals surface area contributed by atoms with Gasteiger partial charge in [-0.05, 0) is 18.4 Å². The van der Waals surface area contributed by atoms with Gasteiger partial charge in [0.1, 0.15) is 0 Å². The number of rotatable bonds is 1. The predicted octanol–water partition coefficient (Wildman–Crippen LogP) is 4.11. The largest absolute Gasteiger partial charge is 0.0748 e. The van der Waals surface area contributed by atoms with Crippen molar-refractivity contribution >= 4 is 0 Å². The Balaban J connectivity index is 3.02. The van der Waals surface area contributed by atoms with Gasteiger partial charge in [0, 0.05) is 5.41 Å². The summed E-state index contributed by atoms with van der Waals surface area (Å²) >= 11 is 0. The van der Waals surface area contributed by atoms with E-state index in [2.05, 4.69) is 58.9 Å². The first-order valence-electron chi connectivity index (χ1n) is 5.01. The quantitative estimate of drug-likeness (QED) is 0.564. The first-order valence-corrected chi connectivity index (χ1v) is 5.01. The van der Waals surface area contributed by atoms with Crippen molar-refractivity contribution in [3.8, 4) is 0 Å². The maximum Gasteiger partial charge on any atom is 0.00133 e. The summed E-state index contributed by atoms with van der Waals surface area (Å²) in [5, 5.41) is 0. The van der Waals surface area contributed by atoms with Crippen LogP contribution in [0.4, 0.5) is 0 Å². The number of allylic oxidation sites excluding steroid dienone is 6. The van der Waals surface area contributed by atoms with Gasteiger partial charge >= 0.3 is 0 Å². The van der Waals surface area contributed by atoms with Gasteiger partial charge in [-0.2, -0.15) is 0 Å². The second-order valence-corrected chi connectivity index (χ2v) is 4.84. The van der Waals surface area contributed by atoms with Crippen molar-refractivity contribution < 1.29 is 0 Å². The molecule has 0 bridgehead atoms. The second-order valence-electron chi connectivity index (χ2n) is 4.84. The van der Waals surface area contributed by atoms with Crippen LogP contribution in [0.3, 0.4) is 0 Å². The van der Waals surface area contributed by atoms with Crippen LogP contribution in [0.5, 0.6) is 0 Å². The molecule has 0 amide bonds. The minimum Gasteiger partial charge on any atom is -0.0748 e. The second kappa shape index (κ2) is 3.53. The summed E-state index contributed by atoms with van der Waals surface area (Å²) in [4.78, 5) is 0. The van der Waals surface area contributed by atoms with Crippen molar-refractivity contribution in [2.24, 2.45) is 11.3 Å². The smallest absolute Gasteiger partial charge is 0.00133 e. The van der Waals surface area contributed by atoms with Crippen molar-refractivity contribution in [3.63, 3.8) is 0 Å². The first-order chi connectivity index (χ1) is 5.91. The van der Waals surface area contributed by atoms with E-state index in [0.29, 0.717) is 5.92 Å². The Bertz CT molecular complexity index is 272. The maximum atomic E-state index is 2.32. The van der Waals surface area contributed by atoms with Crippen LogP contribution in [0.15, 0.2) is 35.5 Å². The van der Waals surface area contributed by atoms with Gasteiger partial charge in [-0.15, -0.1) is 0 Å². The van der Waals surface area contributed by atoms with E-state index in [0.717, 1.165) is 0 Å². The SMILES string of the molecule is CC1=CC(C)(C)C=CC(C(C)C)=C1. The highest BCUT2D eigenvalue weighted by molar-refractivity contribution is 5.36. The van der Waals surface area contributed by atoms with Crippen molar-refractivity contribution in [2.75, 3.05) is 0 Å². The van der Waals surface area contributed by atoms with E-state index < -0.39 is 0 Å². The third-order valence-electron chi connectivity index (χ3n) is 2.37. The summed E-state index contributed by atoms with van der Waals surface area (Å²) in [5.74, 6) is 0.619.